The van der Waals surface area contributed by atoms with Crippen LogP contribution in [0.4, 0.5) is 0 Å². The molecule has 0 aromatic carbocycles. The van der Waals surface area contributed by atoms with Gasteiger partial charge in [-0.25, -0.2) is 4.98 Å². The molecule has 0 radical (unpaired) electrons. The quantitative estimate of drug-likeness (QED) is 0.566. The van der Waals surface area contributed by atoms with Crippen molar-refractivity contribution in [1.29, 1.82) is 0 Å². The Kier molecular flexibility index (Phi) is 3.82. The molecule has 1 unspecified atom stereocenters. The fourth-order valence-electron chi connectivity index (χ4n) is 1.65. The van der Waals surface area contributed by atoms with Gasteiger partial charge in [0, 0.05) is 19.5 Å². The van der Waals surface area contributed by atoms with Crippen LogP contribution in [0, 0.1) is 5.41 Å². The van der Waals surface area contributed by atoms with Crippen LogP contribution in [0.2, 0.25) is 0 Å². The number of hydrazine groups is 1. The van der Waals surface area contributed by atoms with Crippen molar-refractivity contribution in [3.8, 4) is 0 Å². The molecule has 0 aliphatic carbocycles. The monoisotopic (exact) mass is 211 g/mol. The lowest BCUT2D eigenvalue weighted by Gasteiger charge is -2.25. The van der Waals surface area contributed by atoms with Gasteiger partial charge in [0.2, 0.25) is 0 Å². The Morgan fingerprint density at radius 1 is 1.53 bits per heavy atom. The number of aryl methyl sites for hydroxylation is 1. The third-order valence-corrected chi connectivity index (χ3v) is 2.33. The Hall–Kier alpha value is -0.940. The van der Waals surface area contributed by atoms with Gasteiger partial charge in [-0.3, -0.25) is 16.0 Å². The van der Waals surface area contributed by atoms with Crippen LogP contribution in [-0.4, -0.2) is 20.8 Å². The van der Waals surface area contributed by atoms with Crippen LogP contribution in [0.25, 0.3) is 0 Å². The van der Waals surface area contributed by atoms with Gasteiger partial charge in [-0.05, 0) is 11.8 Å². The van der Waals surface area contributed by atoms with E-state index >= 15 is 0 Å². The average molecular weight is 211 g/mol. The molecule has 1 atom stereocenters. The van der Waals surface area contributed by atoms with Crippen LogP contribution in [0.1, 0.15) is 33.0 Å². The topological polar surface area (TPSA) is 68.8 Å². The first-order valence-corrected chi connectivity index (χ1v) is 5.21. The summed E-state index contributed by atoms with van der Waals surface area (Å²) < 4.78 is 1.78. The molecule has 15 heavy (non-hydrogen) atoms. The van der Waals surface area contributed by atoms with Crippen LogP contribution in [0.15, 0.2) is 6.33 Å². The van der Waals surface area contributed by atoms with Gasteiger partial charge >= 0.3 is 0 Å². The zero-order chi connectivity index (χ0) is 11.5. The van der Waals surface area contributed by atoms with Crippen LogP contribution < -0.4 is 11.3 Å². The van der Waals surface area contributed by atoms with E-state index in [1.54, 1.807) is 11.0 Å². The van der Waals surface area contributed by atoms with Gasteiger partial charge in [0.25, 0.3) is 0 Å². The number of nitrogens with two attached hydrogens (primary N) is 1. The summed E-state index contributed by atoms with van der Waals surface area (Å²) in [5.41, 5.74) is 3.10. The van der Waals surface area contributed by atoms with Gasteiger partial charge in [-0.15, -0.1) is 0 Å². The Morgan fingerprint density at radius 3 is 2.60 bits per heavy atom. The molecule has 5 heteroatoms. The zero-order valence-electron chi connectivity index (χ0n) is 9.99. The number of rotatable bonds is 4. The first-order valence-electron chi connectivity index (χ1n) is 5.21. The average Bonchev–Trinajstić information content (AvgIpc) is 2.48. The number of nitrogens with zero attached hydrogens (tertiary/aromatic N) is 3. The molecule has 86 valence electrons. The lowest BCUT2D eigenvalue weighted by atomic mass is 9.87. The Morgan fingerprint density at radius 2 is 2.20 bits per heavy atom. The third kappa shape index (κ3) is 3.97. The first kappa shape index (κ1) is 12.1. The van der Waals surface area contributed by atoms with E-state index in [9.17, 15) is 0 Å². The van der Waals surface area contributed by atoms with Gasteiger partial charge < -0.3 is 0 Å². The van der Waals surface area contributed by atoms with Crippen molar-refractivity contribution in [2.24, 2.45) is 18.3 Å². The predicted molar refractivity (Wildman–Crippen MR) is 59.9 cm³/mol. The van der Waals surface area contributed by atoms with Crippen molar-refractivity contribution in [2.75, 3.05) is 0 Å². The standard InChI is InChI=1S/C10H21N5/c1-10(2,3)6-8(14-11)5-9-12-7-13-15(9)4/h7-8,14H,5-6,11H2,1-4H3. The minimum absolute atomic E-state index is 0.243. The van der Waals surface area contributed by atoms with Gasteiger partial charge in [0.15, 0.2) is 0 Å². The van der Waals surface area contributed by atoms with E-state index < -0.39 is 0 Å². The van der Waals surface area contributed by atoms with Crippen molar-refractivity contribution in [3.63, 3.8) is 0 Å². The fourth-order valence-corrected chi connectivity index (χ4v) is 1.65. The summed E-state index contributed by atoms with van der Waals surface area (Å²) in [6.07, 6.45) is 3.39. The van der Waals surface area contributed by atoms with Gasteiger partial charge in [-0.1, -0.05) is 20.8 Å². The van der Waals surface area contributed by atoms with Crippen molar-refractivity contribution in [2.45, 2.75) is 39.7 Å². The van der Waals surface area contributed by atoms with Crippen LogP contribution in [0.5, 0.6) is 0 Å². The summed E-state index contributed by atoms with van der Waals surface area (Å²) in [7, 11) is 1.90. The van der Waals surface area contributed by atoms with E-state index in [1.165, 1.54) is 0 Å². The molecule has 0 spiro atoms. The van der Waals surface area contributed by atoms with E-state index in [1.807, 2.05) is 7.05 Å². The molecule has 0 aliphatic rings. The van der Waals surface area contributed by atoms with Crippen LogP contribution in [0.3, 0.4) is 0 Å². The maximum Gasteiger partial charge on any atom is 0.138 e. The minimum atomic E-state index is 0.243. The van der Waals surface area contributed by atoms with Gasteiger partial charge in [0.05, 0.1) is 0 Å². The molecule has 5 nitrogen and oxygen atoms in total. The fraction of sp³-hybridized carbons (Fsp3) is 0.800. The van der Waals surface area contributed by atoms with E-state index in [-0.39, 0.29) is 11.5 Å². The normalized spacial score (nSPS) is 14.2. The van der Waals surface area contributed by atoms with E-state index in [0.29, 0.717) is 0 Å². The van der Waals surface area contributed by atoms with Crippen molar-refractivity contribution in [3.05, 3.63) is 12.2 Å². The maximum atomic E-state index is 5.54. The highest BCUT2D eigenvalue weighted by Gasteiger charge is 2.19. The second kappa shape index (κ2) is 4.72. The van der Waals surface area contributed by atoms with Crippen molar-refractivity contribution >= 4 is 0 Å². The molecule has 1 heterocycles. The summed E-state index contributed by atoms with van der Waals surface area (Å²) >= 11 is 0. The molecule has 0 bridgehead atoms. The summed E-state index contributed by atoms with van der Waals surface area (Å²) in [6, 6.07) is 0.243. The van der Waals surface area contributed by atoms with Crippen LogP contribution >= 0.6 is 0 Å². The molecule has 0 aliphatic heterocycles. The molecule has 0 saturated heterocycles. The molecule has 1 rings (SSSR count). The SMILES string of the molecule is Cn1ncnc1CC(CC(C)(C)C)NN. The number of hydrogen-bond donors (Lipinski definition) is 2. The molecule has 1 aromatic rings. The second-order valence-electron chi connectivity index (χ2n) is 5.13. The highest BCUT2D eigenvalue weighted by molar-refractivity contribution is 4.89. The zero-order valence-corrected chi connectivity index (χ0v) is 9.99. The van der Waals surface area contributed by atoms with Gasteiger partial charge in [0.1, 0.15) is 12.2 Å². The molecule has 0 fully saturated rings. The predicted octanol–water partition coefficient (Wildman–Crippen LogP) is 0.626. The smallest absolute Gasteiger partial charge is 0.138 e. The maximum absolute atomic E-state index is 5.54. The lowest BCUT2D eigenvalue weighted by Crippen LogP contribution is -2.40. The van der Waals surface area contributed by atoms with E-state index in [4.69, 9.17) is 5.84 Å². The Labute approximate surface area is 91.0 Å². The summed E-state index contributed by atoms with van der Waals surface area (Å²) in [4.78, 5) is 4.19. The van der Waals surface area contributed by atoms with E-state index in [2.05, 4.69) is 36.3 Å². The van der Waals surface area contributed by atoms with Crippen molar-refractivity contribution in [1.82, 2.24) is 20.2 Å². The lowest BCUT2D eigenvalue weighted by molar-refractivity contribution is 0.304. The number of nitrogens with one attached hydrogen (secondary N) is 1. The molecule has 1 aromatic heterocycles. The van der Waals surface area contributed by atoms with Crippen molar-refractivity contribution < 1.29 is 0 Å². The Bertz CT molecular complexity index is 299. The second-order valence-corrected chi connectivity index (χ2v) is 5.13. The number of aromatic nitrogens is 3. The van der Waals surface area contributed by atoms with E-state index in [0.717, 1.165) is 18.7 Å². The largest absolute Gasteiger partial charge is 0.271 e. The summed E-state index contributed by atoms with van der Waals surface area (Å²) in [6.45, 7) is 6.61. The summed E-state index contributed by atoms with van der Waals surface area (Å²) in [5, 5.41) is 4.04. The first-order chi connectivity index (χ1) is 6.92. The minimum Gasteiger partial charge on any atom is -0.271 e. The summed E-state index contributed by atoms with van der Waals surface area (Å²) in [5.74, 6) is 6.50. The molecular formula is C10H21N5. The molecule has 0 saturated carbocycles. The van der Waals surface area contributed by atoms with Crippen LogP contribution in [-0.2, 0) is 13.5 Å². The molecule has 3 N–H and O–H groups in total. The molecule has 0 amide bonds. The Balaban J connectivity index is 2.58. The molecular weight excluding hydrogens is 190 g/mol. The van der Waals surface area contributed by atoms with Gasteiger partial charge in [-0.2, -0.15) is 5.10 Å². The third-order valence-electron chi connectivity index (χ3n) is 2.33. The number of hydrogen-bond acceptors (Lipinski definition) is 4. The highest BCUT2D eigenvalue weighted by Crippen LogP contribution is 2.21. The highest BCUT2D eigenvalue weighted by atomic mass is 15.3.